The smallest absolute Gasteiger partial charge is 0.222 e. The van der Waals surface area contributed by atoms with Crippen molar-refractivity contribution in [3.05, 3.63) is 0 Å². The molecule has 0 saturated heterocycles. The Labute approximate surface area is 107 Å². The zero-order valence-electron chi connectivity index (χ0n) is 10.7. The van der Waals surface area contributed by atoms with E-state index in [1.54, 1.807) is 0 Å². The average molecular weight is 260 g/mol. The van der Waals surface area contributed by atoms with Gasteiger partial charge in [0.15, 0.2) is 0 Å². The van der Waals surface area contributed by atoms with Crippen LogP contribution in [0.2, 0.25) is 0 Å². The Morgan fingerprint density at radius 3 is 1.67 bits per heavy atom. The minimum absolute atomic E-state index is 0.0745. The van der Waals surface area contributed by atoms with E-state index in [2.05, 4.69) is 10.6 Å². The Morgan fingerprint density at radius 2 is 1.33 bits per heavy atom. The second-order valence-corrected chi connectivity index (χ2v) is 4.05. The number of aliphatic hydroxyl groups excluding tert-OH is 1. The molecule has 0 bridgehead atoms. The number of hydrogen-bond acceptors (Lipinski definition) is 5. The fourth-order valence-electron chi connectivity index (χ4n) is 1.30. The number of rotatable bonds is 10. The van der Waals surface area contributed by atoms with Crippen LogP contribution in [0.1, 0.15) is 25.7 Å². The summed E-state index contributed by atoms with van der Waals surface area (Å²) in [6.45, 7) is 1.99. The van der Waals surface area contributed by atoms with Crippen molar-refractivity contribution in [1.29, 1.82) is 0 Å². The number of carbonyl (C=O) groups excluding carboxylic acids is 2. The van der Waals surface area contributed by atoms with Gasteiger partial charge in [-0.3, -0.25) is 9.59 Å². The summed E-state index contributed by atoms with van der Waals surface area (Å²) in [5.41, 5.74) is 10.6. The van der Waals surface area contributed by atoms with Gasteiger partial charge in [-0.15, -0.1) is 0 Å². The number of amides is 2. The molecule has 0 fully saturated rings. The molecule has 0 unspecified atom stereocenters. The van der Waals surface area contributed by atoms with Gasteiger partial charge >= 0.3 is 0 Å². The van der Waals surface area contributed by atoms with Gasteiger partial charge in [0.25, 0.3) is 0 Å². The van der Waals surface area contributed by atoms with Crippen LogP contribution in [0.3, 0.4) is 0 Å². The van der Waals surface area contributed by atoms with Crippen molar-refractivity contribution in [3.8, 4) is 0 Å². The van der Waals surface area contributed by atoms with Gasteiger partial charge in [0.1, 0.15) is 0 Å². The highest BCUT2D eigenvalue weighted by atomic mass is 16.3. The van der Waals surface area contributed by atoms with Crippen LogP contribution in [0.25, 0.3) is 0 Å². The molecule has 18 heavy (non-hydrogen) atoms. The van der Waals surface area contributed by atoms with Gasteiger partial charge in [0.2, 0.25) is 11.8 Å². The van der Waals surface area contributed by atoms with Crippen LogP contribution in [0.4, 0.5) is 0 Å². The van der Waals surface area contributed by atoms with E-state index in [0.717, 1.165) is 0 Å². The standard InChI is InChI=1S/C11H24N4O3/c12-3-1-5-14-10(17)7-9(16)8-11(18)15-6-2-4-13/h9,16H,1-8,12-13H2,(H,14,17)(H,15,18). The molecule has 106 valence electrons. The van der Waals surface area contributed by atoms with Gasteiger partial charge in [0, 0.05) is 13.1 Å². The van der Waals surface area contributed by atoms with Crippen molar-refractivity contribution in [2.75, 3.05) is 26.2 Å². The van der Waals surface area contributed by atoms with Crippen LogP contribution in [0.5, 0.6) is 0 Å². The molecule has 0 aromatic rings. The monoisotopic (exact) mass is 260 g/mol. The van der Waals surface area contributed by atoms with E-state index in [0.29, 0.717) is 39.0 Å². The zero-order chi connectivity index (χ0) is 13.8. The molecule has 2 amide bonds. The van der Waals surface area contributed by atoms with Crippen LogP contribution in [-0.4, -0.2) is 49.2 Å². The number of aliphatic hydroxyl groups is 1. The normalized spacial score (nSPS) is 10.4. The number of nitrogens with two attached hydrogens (primary N) is 2. The molecular formula is C11H24N4O3. The molecule has 0 saturated carbocycles. The highest BCUT2D eigenvalue weighted by molar-refractivity contribution is 5.79. The second-order valence-electron chi connectivity index (χ2n) is 4.05. The minimum Gasteiger partial charge on any atom is -0.392 e. The average Bonchev–Trinajstić information content (AvgIpc) is 2.29. The Kier molecular flexibility index (Phi) is 10.2. The Morgan fingerprint density at radius 1 is 0.944 bits per heavy atom. The zero-order valence-corrected chi connectivity index (χ0v) is 10.7. The summed E-state index contributed by atoms with van der Waals surface area (Å²) < 4.78 is 0. The van der Waals surface area contributed by atoms with Crippen LogP contribution >= 0.6 is 0 Å². The highest BCUT2D eigenvalue weighted by Crippen LogP contribution is 1.98. The predicted octanol–water partition coefficient (Wildman–Crippen LogP) is -1.94. The Balaban J connectivity index is 3.64. The molecule has 0 heterocycles. The van der Waals surface area contributed by atoms with Crippen LogP contribution in [-0.2, 0) is 9.59 Å². The van der Waals surface area contributed by atoms with E-state index < -0.39 is 6.10 Å². The van der Waals surface area contributed by atoms with E-state index in [4.69, 9.17) is 11.5 Å². The largest absolute Gasteiger partial charge is 0.392 e. The van der Waals surface area contributed by atoms with Gasteiger partial charge in [0.05, 0.1) is 18.9 Å². The van der Waals surface area contributed by atoms with Crippen LogP contribution in [0.15, 0.2) is 0 Å². The van der Waals surface area contributed by atoms with Gasteiger partial charge in [-0.25, -0.2) is 0 Å². The fourth-order valence-corrected chi connectivity index (χ4v) is 1.30. The summed E-state index contributed by atoms with van der Waals surface area (Å²) in [4.78, 5) is 22.6. The molecule has 0 rings (SSSR count). The maximum Gasteiger partial charge on any atom is 0.222 e. The van der Waals surface area contributed by atoms with E-state index in [1.807, 2.05) is 0 Å². The third-order valence-corrected chi connectivity index (χ3v) is 2.25. The van der Waals surface area contributed by atoms with Crippen molar-refractivity contribution < 1.29 is 14.7 Å². The summed E-state index contributed by atoms with van der Waals surface area (Å²) in [7, 11) is 0. The lowest BCUT2D eigenvalue weighted by atomic mass is 10.1. The van der Waals surface area contributed by atoms with Crippen molar-refractivity contribution in [2.24, 2.45) is 11.5 Å². The molecule has 0 radical (unpaired) electrons. The number of hydrogen-bond donors (Lipinski definition) is 5. The van der Waals surface area contributed by atoms with Gasteiger partial charge in [-0.1, -0.05) is 0 Å². The molecule has 0 atom stereocenters. The summed E-state index contributed by atoms with van der Waals surface area (Å²) in [5, 5.41) is 14.8. The molecule has 7 N–H and O–H groups in total. The third-order valence-electron chi connectivity index (χ3n) is 2.25. The highest BCUT2D eigenvalue weighted by Gasteiger charge is 2.14. The lowest BCUT2D eigenvalue weighted by Gasteiger charge is -2.11. The minimum atomic E-state index is -0.958. The first-order chi connectivity index (χ1) is 8.60. The third kappa shape index (κ3) is 10.0. The van der Waals surface area contributed by atoms with Crippen LogP contribution in [0, 0.1) is 0 Å². The van der Waals surface area contributed by atoms with E-state index in [9.17, 15) is 14.7 Å². The molecule has 0 aliphatic carbocycles. The lowest BCUT2D eigenvalue weighted by Crippen LogP contribution is -2.33. The summed E-state index contributed by atoms with van der Waals surface area (Å²) in [6.07, 6.45) is 0.285. The summed E-state index contributed by atoms with van der Waals surface area (Å²) in [5.74, 6) is -0.545. The number of nitrogens with one attached hydrogen (secondary N) is 2. The lowest BCUT2D eigenvalue weighted by molar-refractivity contribution is -0.125. The predicted molar refractivity (Wildman–Crippen MR) is 68.6 cm³/mol. The van der Waals surface area contributed by atoms with Gasteiger partial charge in [-0.2, -0.15) is 0 Å². The SMILES string of the molecule is NCCCNC(=O)CC(O)CC(=O)NCCCN. The van der Waals surface area contributed by atoms with Crippen LogP contribution < -0.4 is 22.1 Å². The fraction of sp³-hybridized carbons (Fsp3) is 0.818. The first-order valence-corrected chi connectivity index (χ1v) is 6.21. The Hall–Kier alpha value is -1.18. The molecular weight excluding hydrogens is 236 g/mol. The van der Waals surface area contributed by atoms with E-state index >= 15 is 0 Å². The first-order valence-electron chi connectivity index (χ1n) is 6.21. The maximum absolute atomic E-state index is 11.3. The van der Waals surface area contributed by atoms with Crippen molar-refractivity contribution in [1.82, 2.24) is 10.6 Å². The first kappa shape index (κ1) is 16.8. The molecule has 0 aromatic carbocycles. The van der Waals surface area contributed by atoms with Crippen molar-refractivity contribution in [3.63, 3.8) is 0 Å². The molecule has 0 aromatic heterocycles. The van der Waals surface area contributed by atoms with Gasteiger partial charge < -0.3 is 27.2 Å². The van der Waals surface area contributed by atoms with Crippen molar-refractivity contribution in [2.45, 2.75) is 31.8 Å². The van der Waals surface area contributed by atoms with E-state index in [-0.39, 0.29) is 24.7 Å². The van der Waals surface area contributed by atoms with Gasteiger partial charge in [-0.05, 0) is 25.9 Å². The molecule has 7 nitrogen and oxygen atoms in total. The second kappa shape index (κ2) is 10.9. The molecule has 7 heteroatoms. The summed E-state index contributed by atoms with van der Waals surface area (Å²) in [6, 6.07) is 0. The molecule has 0 aliphatic heterocycles. The number of carbonyl (C=O) groups is 2. The Bertz CT molecular complexity index is 224. The maximum atomic E-state index is 11.3. The van der Waals surface area contributed by atoms with Crippen molar-refractivity contribution >= 4 is 11.8 Å². The summed E-state index contributed by atoms with van der Waals surface area (Å²) >= 11 is 0. The van der Waals surface area contributed by atoms with E-state index in [1.165, 1.54) is 0 Å². The quantitative estimate of drug-likeness (QED) is 0.292. The molecule has 0 spiro atoms. The topological polar surface area (TPSA) is 130 Å². The molecule has 0 aliphatic rings.